The van der Waals surface area contributed by atoms with E-state index in [-0.39, 0.29) is 0 Å². The van der Waals surface area contributed by atoms with Crippen LogP contribution in [0.4, 0.5) is 4.39 Å². The Bertz CT molecular complexity index is 444. The fourth-order valence-electron chi connectivity index (χ4n) is 1.13. The molecule has 92 valence electrons. The molecule has 0 bridgehead atoms. The third-order valence-corrected chi connectivity index (χ3v) is 1.79. The average molecular weight is 238 g/mol. The van der Waals surface area contributed by atoms with Crippen LogP contribution in [0.25, 0.3) is 6.08 Å². The van der Waals surface area contributed by atoms with Crippen molar-refractivity contribution in [2.75, 3.05) is 0 Å². The van der Waals surface area contributed by atoms with Gasteiger partial charge in [-0.3, -0.25) is 0 Å². The maximum atomic E-state index is 13.0. The van der Waals surface area contributed by atoms with Gasteiger partial charge in [0.15, 0.2) is 11.6 Å². The van der Waals surface area contributed by atoms with Crippen LogP contribution < -0.4 is 0 Å². The Balaban J connectivity index is 2.71. The third kappa shape index (κ3) is 4.68. The monoisotopic (exact) mass is 238 g/mol. The number of carbonyl (C=O) groups excluding carboxylic acids is 1. The Labute approximate surface area is 99.5 Å². The van der Waals surface area contributed by atoms with Gasteiger partial charge in [-0.25, -0.2) is 9.18 Å². The molecule has 1 aromatic rings. The highest BCUT2D eigenvalue weighted by atomic mass is 19.1. The van der Waals surface area contributed by atoms with Crippen molar-refractivity contribution in [3.63, 3.8) is 0 Å². The molecule has 1 rings (SSSR count). The minimum absolute atomic E-state index is 0.417. The minimum Gasteiger partial charge on any atom is -0.505 e. The van der Waals surface area contributed by atoms with Crippen molar-refractivity contribution >= 4 is 12.0 Å². The Morgan fingerprint density at radius 3 is 2.59 bits per heavy atom. The molecule has 1 N–H and O–H groups in total. The predicted molar refractivity (Wildman–Crippen MR) is 62.9 cm³/mol. The van der Waals surface area contributed by atoms with Crippen molar-refractivity contribution in [2.24, 2.45) is 0 Å². The zero-order valence-corrected chi connectivity index (χ0v) is 10.0. The van der Waals surface area contributed by atoms with Gasteiger partial charge < -0.3 is 9.84 Å². The number of benzene rings is 1. The summed E-state index contributed by atoms with van der Waals surface area (Å²) in [5.74, 6) is -1.64. The van der Waals surface area contributed by atoms with Crippen LogP contribution in [0.15, 0.2) is 24.3 Å². The van der Waals surface area contributed by atoms with Crippen LogP contribution in [-0.4, -0.2) is 16.7 Å². The zero-order valence-electron chi connectivity index (χ0n) is 10.0. The Hall–Kier alpha value is -1.84. The van der Waals surface area contributed by atoms with Gasteiger partial charge in [0, 0.05) is 6.08 Å². The molecular formula is C13H15FO3. The summed E-state index contributed by atoms with van der Waals surface area (Å²) in [6.07, 6.45) is 2.65. The van der Waals surface area contributed by atoms with Crippen molar-refractivity contribution in [1.29, 1.82) is 0 Å². The van der Waals surface area contributed by atoms with E-state index in [1.165, 1.54) is 24.3 Å². The van der Waals surface area contributed by atoms with E-state index in [9.17, 15) is 9.18 Å². The van der Waals surface area contributed by atoms with Crippen molar-refractivity contribution in [3.8, 4) is 5.75 Å². The van der Waals surface area contributed by atoms with E-state index in [0.29, 0.717) is 5.56 Å². The molecular weight excluding hydrogens is 223 g/mol. The van der Waals surface area contributed by atoms with Gasteiger partial charge in [-0.1, -0.05) is 6.07 Å². The standard InChI is InChI=1S/C13H15FO3/c1-13(2,3)17-12(16)7-5-9-4-6-11(15)10(14)8-9/h4-8,15H,1-3H3. The molecule has 17 heavy (non-hydrogen) atoms. The Morgan fingerprint density at radius 1 is 1.41 bits per heavy atom. The van der Waals surface area contributed by atoms with Crippen LogP contribution in [0.5, 0.6) is 5.75 Å². The van der Waals surface area contributed by atoms with Gasteiger partial charge >= 0.3 is 5.97 Å². The molecule has 0 aliphatic rings. The summed E-state index contributed by atoms with van der Waals surface area (Å²) in [6, 6.07) is 3.86. The molecule has 0 saturated carbocycles. The zero-order chi connectivity index (χ0) is 13.1. The number of phenols is 1. The number of esters is 1. The first-order chi connectivity index (χ1) is 7.78. The normalized spacial score (nSPS) is 11.8. The van der Waals surface area contributed by atoms with Gasteiger partial charge in [-0.15, -0.1) is 0 Å². The summed E-state index contributed by atoms with van der Waals surface area (Å²) in [5, 5.41) is 8.98. The van der Waals surface area contributed by atoms with Gasteiger partial charge in [-0.05, 0) is 44.5 Å². The van der Waals surface area contributed by atoms with Crippen molar-refractivity contribution in [1.82, 2.24) is 0 Å². The summed E-state index contributed by atoms with van der Waals surface area (Å²) in [4.78, 5) is 11.3. The number of hydrogen-bond acceptors (Lipinski definition) is 3. The predicted octanol–water partition coefficient (Wildman–Crippen LogP) is 2.89. The second-order valence-electron chi connectivity index (χ2n) is 4.58. The average Bonchev–Trinajstić information content (AvgIpc) is 2.17. The van der Waals surface area contributed by atoms with Gasteiger partial charge in [0.25, 0.3) is 0 Å². The van der Waals surface area contributed by atoms with Gasteiger partial charge in [0.1, 0.15) is 5.60 Å². The highest BCUT2D eigenvalue weighted by Crippen LogP contribution is 2.17. The molecule has 0 amide bonds. The highest BCUT2D eigenvalue weighted by Gasteiger charge is 2.13. The van der Waals surface area contributed by atoms with E-state index >= 15 is 0 Å². The summed E-state index contributed by atoms with van der Waals surface area (Å²) < 4.78 is 18.0. The second-order valence-corrected chi connectivity index (χ2v) is 4.58. The number of ether oxygens (including phenoxy) is 1. The van der Waals surface area contributed by atoms with Crippen LogP contribution in [0.3, 0.4) is 0 Å². The quantitative estimate of drug-likeness (QED) is 0.636. The largest absolute Gasteiger partial charge is 0.505 e. The Kier molecular flexibility index (Phi) is 3.89. The molecule has 0 aliphatic carbocycles. The maximum absolute atomic E-state index is 13.0. The summed E-state index contributed by atoms with van der Waals surface area (Å²) >= 11 is 0. The van der Waals surface area contributed by atoms with Crippen molar-refractivity contribution in [3.05, 3.63) is 35.7 Å². The first-order valence-corrected chi connectivity index (χ1v) is 5.17. The first-order valence-electron chi connectivity index (χ1n) is 5.17. The van der Waals surface area contributed by atoms with Crippen LogP contribution in [0.1, 0.15) is 26.3 Å². The number of phenolic OH excluding ortho intramolecular Hbond substituents is 1. The third-order valence-electron chi connectivity index (χ3n) is 1.79. The molecule has 0 aromatic heterocycles. The number of carbonyl (C=O) groups is 1. The summed E-state index contributed by atoms with van der Waals surface area (Å²) in [6.45, 7) is 5.29. The van der Waals surface area contributed by atoms with E-state index < -0.39 is 23.1 Å². The number of halogens is 1. The van der Waals surface area contributed by atoms with Crippen molar-refractivity contribution < 1.29 is 19.0 Å². The summed E-state index contributed by atoms with van der Waals surface area (Å²) in [7, 11) is 0. The van der Waals surface area contributed by atoms with Gasteiger partial charge in [0.2, 0.25) is 0 Å². The summed E-state index contributed by atoms with van der Waals surface area (Å²) in [5.41, 5.74) is -0.0760. The lowest BCUT2D eigenvalue weighted by molar-refractivity contribution is -0.148. The number of rotatable bonds is 2. The molecule has 0 heterocycles. The topological polar surface area (TPSA) is 46.5 Å². The first kappa shape index (κ1) is 13.2. The smallest absolute Gasteiger partial charge is 0.331 e. The molecule has 4 heteroatoms. The van der Waals surface area contributed by atoms with E-state index in [1.807, 2.05) is 0 Å². The molecule has 0 aliphatic heterocycles. The van der Waals surface area contributed by atoms with Crippen LogP contribution in [-0.2, 0) is 9.53 Å². The molecule has 0 saturated heterocycles. The molecule has 0 fully saturated rings. The molecule has 0 spiro atoms. The highest BCUT2D eigenvalue weighted by molar-refractivity contribution is 5.87. The van der Waals surface area contributed by atoms with Crippen molar-refractivity contribution in [2.45, 2.75) is 26.4 Å². The van der Waals surface area contributed by atoms with E-state index in [4.69, 9.17) is 9.84 Å². The minimum atomic E-state index is -0.726. The molecule has 0 atom stereocenters. The number of aromatic hydroxyl groups is 1. The fourth-order valence-corrected chi connectivity index (χ4v) is 1.13. The Morgan fingerprint density at radius 2 is 2.06 bits per heavy atom. The van der Waals surface area contributed by atoms with Crippen LogP contribution in [0, 0.1) is 5.82 Å². The van der Waals surface area contributed by atoms with Gasteiger partial charge in [0.05, 0.1) is 0 Å². The molecule has 0 unspecified atom stereocenters. The van der Waals surface area contributed by atoms with Crippen LogP contribution in [0.2, 0.25) is 0 Å². The molecule has 1 aromatic carbocycles. The lowest BCUT2D eigenvalue weighted by Crippen LogP contribution is -2.22. The van der Waals surface area contributed by atoms with Gasteiger partial charge in [-0.2, -0.15) is 0 Å². The second kappa shape index (κ2) is 4.99. The number of hydrogen-bond donors (Lipinski definition) is 1. The lowest BCUT2D eigenvalue weighted by atomic mass is 10.2. The SMILES string of the molecule is CC(C)(C)OC(=O)C=Cc1ccc(O)c(F)c1. The van der Waals surface area contributed by atoms with E-state index in [0.717, 1.165) is 6.07 Å². The van der Waals surface area contributed by atoms with E-state index in [1.54, 1.807) is 20.8 Å². The maximum Gasteiger partial charge on any atom is 0.331 e. The van der Waals surface area contributed by atoms with Crippen LogP contribution >= 0.6 is 0 Å². The van der Waals surface area contributed by atoms with E-state index in [2.05, 4.69) is 0 Å². The molecule has 0 radical (unpaired) electrons. The molecule has 3 nitrogen and oxygen atoms in total. The lowest BCUT2D eigenvalue weighted by Gasteiger charge is -2.17. The fraction of sp³-hybridized carbons (Fsp3) is 0.308.